The molecule has 5 nitrogen and oxygen atoms in total. The lowest BCUT2D eigenvalue weighted by atomic mass is 9.88. The molecule has 0 aliphatic heterocycles. The highest BCUT2D eigenvalue weighted by Crippen LogP contribution is 2.39. The van der Waals surface area contributed by atoms with Gasteiger partial charge in [0.15, 0.2) is 5.11 Å². The number of carbonyl (C=O) groups is 2. The second kappa shape index (κ2) is 8.01. The van der Waals surface area contributed by atoms with Gasteiger partial charge in [-0.3, -0.25) is 14.9 Å². The van der Waals surface area contributed by atoms with E-state index in [1.807, 2.05) is 12.1 Å². The first-order chi connectivity index (χ1) is 12.3. The van der Waals surface area contributed by atoms with Gasteiger partial charge < -0.3 is 11.1 Å². The summed E-state index contributed by atoms with van der Waals surface area (Å²) in [5.41, 5.74) is 7.65. The van der Waals surface area contributed by atoms with Crippen LogP contribution in [-0.4, -0.2) is 16.9 Å². The summed E-state index contributed by atoms with van der Waals surface area (Å²) in [4.78, 5) is 25.5. The van der Waals surface area contributed by atoms with Crippen LogP contribution >= 0.6 is 46.1 Å². The van der Waals surface area contributed by atoms with E-state index in [2.05, 4.69) is 40.1 Å². The molecule has 1 heterocycles. The van der Waals surface area contributed by atoms with Crippen LogP contribution < -0.4 is 16.4 Å². The van der Waals surface area contributed by atoms with Crippen molar-refractivity contribution in [1.82, 2.24) is 5.32 Å². The van der Waals surface area contributed by atoms with Crippen molar-refractivity contribution in [3.63, 3.8) is 0 Å². The number of hydrogen-bond donors (Lipinski definition) is 3. The summed E-state index contributed by atoms with van der Waals surface area (Å²) in [6.45, 7) is 2.20. The molecule has 1 atom stereocenters. The van der Waals surface area contributed by atoms with Gasteiger partial charge in [-0.2, -0.15) is 0 Å². The lowest BCUT2D eigenvalue weighted by molar-refractivity contribution is 0.0975. The van der Waals surface area contributed by atoms with E-state index >= 15 is 0 Å². The fourth-order valence-electron chi connectivity index (χ4n) is 3.04. The molecule has 1 aliphatic rings. The smallest absolute Gasteiger partial charge is 0.257 e. The molecule has 4 N–H and O–H groups in total. The van der Waals surface area contributed by atoms with Crippen molar-refractivity contribution in [2.45, 2.75) is 26.2 Å². The number of primary amides is 1. The number of nitrogens with two attached hydrogens (primary N) is 1. The maximum Gasteiger partial charge on any atom is 0.257 e. The first-order valence-corrected chi connectivity index (χ1v) is 10.5. The largest absolute Gasteiger partial charge is 0.365 e. The van der Waals surface area contributed by atoms with Gasteiger partial charge in [-0.1, -0.05) is 13.0 Å². The lowest BCUT2D eigenvalue weighted by Gasteiger charge is -2.18. The predicted octanol–water partition coefficient (Wildman–Crippen LogP) is 3.70. The number of hydrogen-bond acceptors (Lipinski definition) is 4. The highest BCUT2D eigenvalue weighted by Gasteiger charge is 2.27. The quantitative estimate of drug-likeness (QED) is 0.444. The van der Waals surface area contributed by atoms with Crippen molar-refractivity contribution in [1.29, 1.82) is 0 Å². The fraction of sp³-hybridized carbons (Fsp3) is 0.278. The molecule has 8 heteroatoms. The molecule has 2 aromatic rings. The molecule has 0 radical (unpaired) electrons. The molecule has 2 amide bonds. The zero-order chi connectivity index (χ0) is 18.8. The first kappa shape index (κ1) is 19.2. The standard InChI is InChI=1S/C18H18IN3O2S2/c1-9-5-6-12-13(7-9)26-17(14(12)15(20)23)22-18(25)21-16(24)10-3-2-4-11(19)8-10/h2-4,8-9H,5-7H2,1H3,(H2,20,23)(H2,21,22,24,25)/t9-/m0/s1. The van der Waals surface area contributed by atoms with Crippen LogP contribution in [0, 0.1) is 9.49 Å². The van der Waals surface area contributed by atoms with Crippen molar-refractivity contribution >= 4 is 68.1 Å². The van der Waals surface area contributed by atoms with E-state index in [0.717, 1.165) is 28.4 Å². The average Bonchev–Trinajstić information content (AvgIpc) is 2.91. The number of thiophene rings is 1. The van der Waals surface area contributed by atoms with Crippen molar-refractivity contribution < 1.29 is 9.59 Å². The Morgan fingerprint density at radius 3 is 2.85 bits per heavy atom. The Kier molecular flexibility index (Phi) is 5.93. The van der Waals surface area contributed by atoms with Crippen LogP contribution in [0.5, 0.6) is 0 Å². The molecule has 0 saturated heterocycles. The van der Waals surface area contributed by atoms with Gasteiger partial charge in [0.25, 0.3) is 11.8 Å². The van der Waals surface area contributed by atoms with E-state index in [0.29, 0.717) is 22.0 Å². The Labute approximate surface area is 174 Å². The van der Waals surface area contributed by atoms with Gasteiger partial charge >= 0.3 is 0 Å². The number of anilines is 1. The van der Waals surface area contributed by atoms with E-state index in [9.17, 15) is 9.59 Å². The Hall–Kier alpha value is -1.52. The van der Waals surface area contributed by atoms with Gasteiger partial charge in [0, 0.05) is 14.0 Å². The molecule has 136 valence electrons. The van der Waals surface area contributed by atoms with Gasteiger partial charge in [0.05, 0.1) is 5.56 Å². The molecule has 3 rings (SSSR count). The van der Waals surface area contributed by atoms with E-state index in [4.69, 9.17) is 18.0 Å². The van der Waals surface area contributed by atoms with Crippen molar-refractivity contribution in [2.24, 2.45) is 11.7 Å². The van der Waals surface area contributed by atoms with Crippen LogP contribution in [0.4, 0.5) is 5.00 Å². The number of carbonyl (C=O) groups excluding carboxylic acids is 2. The van der Waals surface area contributed by atoms with Crippen molar-refractivity contribution in [2.75, 3.05) is 5.32 Å². The summed E-state index contributed by atoms with van der Waals surface area (Å²) in [6.07, 6.45) is 2.81. The zero-order valence-corrected chi connectivity index (χ0v) is 17.9. The van der Waals surface area contributed by atoms with Gasteiger partial charge in [0.1, 0.15) is 5.00 Å². The minimum atomic E-state index is -0.466. The second-order valence-electron chi connectivity index (χ2n) is 6.34. The highest BCUT2D eigenvalue weighted by molar-refractivity contribution is 14.1. The van der Waals surface area contributed by atoms with Crippen molar-refractivity contribution in [3.05, 3.63) is 49.4 Å². The monoisotopic (exact) mass is 499 g/mol. The van der Waals surface area contributed by atoms with Crippen LogP contribution in [0.15, 0.2) is 24.3 Å². The third-order valence-electron chi connectivity index (χ3n) is 4.30. The van der Waals surface area contributed by atoms with E-state index < -0.39 is 5.91 Å². The maximum absolute atomic E-state index is 12.3. The first-order valence-electron chi connectivity index (χ1n) is 8.17. The Morgan fingerprint density at radius 1 is 1.38 bits per heavy atom. The third kappa shape index (κ3) is 4.24. The van der Waals surface area contributed by atoms with Gasteiger partial charge in [-0.05, 0) is 83.8 Å². The fourth-order valence-corrected chi connectivity index (χ4v) is 5.26. The van der Waals surface area contributed by atoms with Crippen molar-refractivity contribution in [3.8, 4) is 0 Å². The van der Waals surface area contributed by atoms with Crippen LogP contribution in [0.2, 0.25) is 0 Å². The topological polar surface area (TPSA) is 84.2 Å². The number of rotatable bonds is 3. The van der Waals surface area contributed by atoms with Gasteiger partial charge in [-0.25, -0.2) is 0 Å². The van der Waals surface area contributed by atoms with Crippen LogP contribution in [0.1, 0.15) is 44.5 Å². The van der Waals surface area contributed by atoms with Crippen LogP contribution in [-0.2, 0) is 12.8 Å². The van der Waals surface area contributed by atoms with Gasteiger partial charge in [0.2, 0.25) is 0 Å². The van der Waals surface area contributed by atoms with Crippen LogP contribution in [0.25, 0.3) is 0 Å². The van der Waals surface area contributed by atoms with E-state index in [1.54, 1.807) is 12.1 Å². The molecule has 1 aliphatic carbocycles. The minimum absolute atomic E-state index is 0.156. The van der Waals surface area contributed by atoms with E-state index in [1.165, 1.54) is 16.2 Å². The van der Waals surface area contributed by atoms with Gasteiger partial charge in [-0.15, -0.1) is 11.3 Å². The molecular weight excluding hydrogens is 481 g/mol. The minimum Gasteiger partial charge on any atom is -0.365 e. The maximum atomic E-state index is 12.3. The predicted molar refractivity (Wildman–Crippen MR) is 117 cm³/mol. The number of amides is 2. The number of fused-ring (bicyclic) bond motifs is 1. The average molecular weight is 499 g/mol. The zero-order valence-electron chi connectivity index (χ0n) is 14.1. The molecule has 26 heavy (non-hydrogen) atoms. The molecule has 0 fully saturated rings. The summed E-state index contributed by atoms with van der Waals surface area (Å²) in [6, 6.07) is 7.22. The normalized spacial score (nSPS) is 15.8. The Bertz CT molecular complexity index is 895. The summed E-state index contributed by atoms with van der Waals surface area (Å²) in [7, 11) is 0. The summed E-state index contributed by atoms with van der Waals surface area (Å²) >= 11 is 8.91. The molecular formula is C18H18IN3O2S2. The number of thiocarbonyl (C=S) groups is 1. The number of nitrogens with one attached hydrogen (secondary N) is 2. The van der Waals surface area contributed by atoms with Crippen LogP contribution in [0.3, 0.4) is 0 Å². The Balaban J connectivity index is 1.77. The lowest BCUT2D eigenvalue weighted by Crippen LogP contribution is -2.34. The third-order valence-corrected chi connectivity index (χ3v) is 6.34. The SMILES string of the molecule is C[C@H]1CCc2c(sc(NC(=S)NC(=O)c3cccc(I)c3)c2C(N)=O)C1. The van der Waals surface area contributed by atoms with E-state index in [-0.39, 0.29) is 11.0 Å². The highest BCUT2D eigenvalue weighted by atomic mass is 127. The summed E-state index contributed by atoms with van der Waals surface area (Å²) < 4.78 is 0.963. The molecule has 0 saturated carbocycles. The number of benzene rings is 1. The Morgan fingerprint density at radius 2 is 2.15 bits per heavy atom. The number of halogens is 1. The molecule has 0 unspecified atom stereocenters. The molecule has 1 aromatic heterocycles. The molecule has 1 aromatic carbocycles. The summed E-state index contributed by atoms with van der Waals surface area (Å²) in [5, 5.41) is 6.43. The second-order valence-corrected chi connectivity index (χ2v) is 9.10. The molecule has 0 spiro atoms. The molecule has 0 bridgehead atoms. The summed E-state index contributed by atoms with van der Waals surface area (Å²) in [5.74, 6) is -0.176.